The number of rotatable bonds is 98. The molecular weight excluding hydrogens is 1520 g/mol. The monoisotopic (exact) mass is 1720 g/mol. The van der Waals surface area contributed by atoms with Gasteiger partial charge in [0.15, 0.2) is 12.2 Å². The first kappa shape index (κ1) is 116. The van der Waals surface area contributed by atoms with Crippen LogP contribution in [0.4, 0.5) is 0 Å². The maximum atomic E-state index is 13.2. The SMILES string of the molecule is CCCCCCCCCCCCCCCCCCCCCCCC(=O)O[C@H](COC(=O)CCCCCCCCCCCCCCC)COP(=O)(O)OC[C@H](O)COP(=O)(O)OC[C@@H](COC(=O)CCCCCCCCCCCCCCCCCCCCC(C)CC)OC(=O)CCCCCCCCCCCCCCCCCCCCC(C)CC. The van der Waals surface area contributed by atoms with Crippen LogP contribution in [-0.2, 0) is 65.4 Å². The van der Waals surface area contributed by atoms with E-state index in [1.807, 2.05) is 0 Å². The Hall–Kier alpha value is -1.94. The lowest BCUT2D eigenvalue weighted by Crippen LogP contribution is -2.30. The lowest BCUT2D eigenvalue weighted by Gasteiger charge is -2.21. The van der Waals surface area contributed by atoms with Crippen molar-refractivity contribution in [3.63, 3.8) is 0 Å². The van der Waals surface area contributed by atoms with Crippen LogP contribution in [0.2, 0.25) is 0 Å². The molecule has 17 nitrogen and oxygen atoms in total. The van der Waals surface area contributed by atoms with Crippen molar-refractivity contribution in [1.82, 2.24) is 0 Å². The van der Waals surface area contributed by atoms with Gasteiger partial charge in [-0.2, -0.15) is 0 Å². The van der Waals surface area contributed by atoms with Crippen molar-refractivity contribution in [3.05, 3.63) is 0 Å². The van der Waals surface area contributed by atoms with E-state index in [0.29, 0.717) is 25.7 Å². The number of phosphoric acid groups is 2. The van der Waals surface area contributed by atoms with Gasteiger partial charge < -0.3 is 33.8 Å². The van der Waals surface area contributed by atoms with Crippen molar-refractivity contribution in [2.24, 2.45) is 11.8 Å². The highest BCUT2D eigenvalue weighted by Crippen LogP contribution is 2.45. The van der Waals surface area contributed by atoms with Crippen molar-refractivity contribution in [2.75, 3.05) is 39.6 Å². The Bertz CT molecular complexity index is 2240. The summed E-state index contributed by atoms with van der Waals surface area (Å²) < 4.78 is 69.3. The van der Waals surface area contributed by atoms with Gasteiger partial charge in [0.2, 0.25) is 0 Å². The van der Waals surface area contributed by atoms with Crippen molar-refractivity contribution in [2.45, 2.75) is 561 Å². The predicted molar refractivity (Wildman–Crippen MR) is 492 cm³/mol. The van der Waals surface area contributed by atoms with E-state index in [4.69, 9.17) is 37.0 Å². The van der Waals surface area contributed by atoms with Crippen LogP contribution in [0, 0.1) is 11.8 Å². The summed E-state index contributed by atoms with van der Waals surface area (Å²) in [6, 6.07) is 0. The molecule has 0 aromatic heterocycles. The second-order valence-electron chi connectivity index (χ2n) is 36.0. The summed E-state index contributed by atoms with van der Waals surface area (Å²) in [7, 11) is -9.95. The molecule has 4 unspecified atom stereocenters. The Kier molecular flexibility index (Phi) is 88.4. The molecule has 0 aromatic carbocycles. The Labute approximate surface area is 728 Å². The van der Waals surface area contributed by atoms with Gasteiger partial charge in [0.1, 0.15) is 19.3 Å². The number of carbonyl (C=O) groups is 4. The summed E-state index contributed by atoms with van der Waals surface area (Å²) in [5, 5.41) is 10.7. The van der Waals surface area contributed by atoms with E-state index >= 15 is 0 Å². The molecule has 7 atom stereocenters. The van der Waals surface area contributed by atoms with Crippen molar-refractivity contribution < 1.29 is 80.2 Å². The van der Waals surface area contributed by atoms with Crippen LogP contribution in [-0.4, -0.2) is 96.7 Å². The Morgan fingerprint density at radius 3 is 0.602 bits per heavy atom. The molecule has 0 heterocycles. The molecule has 0 aliphatic carbocycles. The third-order valence-corrected chi connectivity index (χ3v) is 26.1. The molecular formula is C99H194O17P2. The lowest BCUT2D eigenvalue weighted by atomic mass is 9.99. The van der Waals surface area contributed by atoms with Gasteiger partial charge in [0.05, 0.1) is 26.4 Å². The minimum absolute atomic E-state index is 0.109. The lowest BCUT2D eigenvalue weighted by molar-refractivity contribution is -0.161. The number of hydrogen-bond acceptors (Lipinski definition) is 15. The zero-order valence-electron chi connectivity index (χ0n) is 78.2. The van der Waals surface area contributed by atoms with Crippen LogP contribution < -0.4 is 0 Å². The van der Waals surface area contributed by atoms with Crippen molar-refractivity contribution in [3.8, 4) is 0 Å². The van der Waals surface area contributed by atoms with Gasteiger partial charge >= 0.3 is 39.5 Å². The summed E-state index contributed by atoms with van der Waals surface area (Å²) in [6.45, 7) is 9.89. The summed E-state index contributed by atoms with van der Waals surface area (Å²) in [5.41, 5.74) is 0. The number of ether oxygens (including phenoxy) is 4. The molecule has 0 aliphatic rings. The summed E-state index contributed by atoms with van der Waals surface area (Å²) in [4.78, 5) is 73.7. The van der Waals surface area contributed by atoms with Crippen LogP contribution in [0.1, 0.15) is 542 Å². The zero-order valence-corrected chi connectivity index (χ0v) is 80.0. The smallest absolute Gasteiger partial charge is 0.462 e. The Morgan fingerprint density at radius 1 is 0.237 bits per heavy atom. The third kappa shape index (κ3) is 88.9. The van der Waals surface area contributed by atoms with Crippen LogP contribution in [0.5, 0.6) is 0 Å². The van der Waals surface area contributed by atoms with E-state index in [0.717, 1.165) is 102 Å². The largest absolute Gasteiger partial charge is 0.472 e. The number of unbranched alkanes of at least 4 members (excludes halogenated alkanes) is 66. The molecule has 19 heteroatoms. The molecule has 0 saturated carbocycles. The Balaban J connectivity index is 5.25. The average molecular weight is 1720 g/mol. The molecule has 702 valence electrons. The van der Waals surface area contributed by atoms with E-state index < -0.39 is 97.5 Å². The molecule has 0 rings (SSSR count). The van der Waals surface area contributed by atoms with Crippen LogP contribution >= 0.6 is 15.6 Å². The number of carbonyl (C=O) groups excluding carboxylic acids is 4. The van der Waals surface area contributed by atoms with Crippen LogP contribution in [0.3, 0.4) is 0 Å². The molecule has 0 amide bonds. The second-order valence-corrected chi connectivity index (χ2v) is 38.9. The fraction of sp³-hybridized carbons (Fsp3) is 0.960. The molecule has 0 radical (unpaired) electrons. The highest BCUT2D eigenvalue weighted by atomic mass is 31.2. The predicted octanol–water partition coefficient (Wildman–Crippen LogP) is 31.3. The number of aliphatic hydroxyl groups excluding tert-OH is 1. The van der Waals surface area contributed by atoms with Crippen molar-refractivity contribution in [1.29, 1.82) is 0 Å². The normalized spacial score (nSPS) is 14.1. The molecule has 0 spiro atoms. The Morgan fingerprint density at radius 2 is 0.407 bits per heavy atom. The fourth-order valence-electron chi connectivity index (χ4n) is 15.7. The van der Waals surface area contributed by atoms with Gasteiger partial charge in [0, 0.05) is 25.7 Å². The maximum Gasteiger partial charge on any atom is 0.472 e. The van der Waals surface area contributed by atoms with Crippen LogP contribution in [0.15, 0.2) is 0 Å². The molecule has 118 heavy (non-hydrogen) atoms. The second kappa shape index (κ2) is 89.9. The molecule has 0 bridgehead atoms. The van der Waals surface area contributed by atoms with E-state index in [1.165, 1.54) is 360 Å². The minimum Gasteiger partial charge on any atom is -0.462 e. The van der Waals surface area contributed by atoms with E-state index in [2.05, 4.69) is 41.5 Å². The molecule has 0 saturated heterocycles. The van der Waals surface area contributed by atoms with Gasteiger partial charge in [-0.15, -0.1) is 0 Å². The standard InChI is InChI=1S/C99H194O17P2/c1-7-11-13-15-17-19-21-23-24-25-26-27-28-36-41-47-53-59-65-71-77-83-98(103)115-94(87-109-96(101)81-75-69-63-57-51-43-22-20-18-16-14-12-8-2)89-113-117(105,106)111-85-93(100)86-112-118(107,108)114-90-95(116-99(104)84-78-72-66-60-54-48-42-37-32-30-34-39-45-50-56-62-68-74-80-92(6)10-4)88-110-97(102)82-76-70-64-58-52-46-40-35-31-29-33-38-44-49-55-61-67-73-79-91(5)9-3/h91-95,100H,7-90H2,1-6H3,(H,105,106)(H,107,108)/t91?,92?,93-,94+,95+/m0/s1. The van der Waals surface area contributed by atoms with Gasteiger partial charge in [-0.3, -0.25) is 37.3 Å². The first-order valence-corrected chi connectivity index (χ1v) is 54.1. The summed E-state index contributed by atoms with van der Waals surface area (Å²) >= 11 is 0. The topological polar surface area (TPSA) is 237 Å². The summed E-state index contributed by atoms with van der Waals surface area (Å²) in [5.74, 6) is -0.340. The quantitative estimate of drug-likeness (QED) is 0.0222. The molecule has 3 N–H and O–H groups in total. The fourth-order valence-corrected chi connectivity index (χ4v) is 17.2. The highest BCUT2D eigenvalue weighted by Gasteiger charge is 2.31. The zero-order chi connectivity index (χ0) is 86.2. The number of esters is 4. The van der Waals surface area contributed by atoms with Gasteiger partial charge in [-0.1, -0.05) is 491 Å². The summed E-state index contributed by atoms with van der Waals surface area (Å²) in [6.07, 6.45) is 87.6. The van der Waals surface area contributed by atoms with Crippen LogP contribution in [0.25, 0.3) is 0 Å². The molecule has 0 aliphatic heterocycles. The average Bonchev–Trinajstić information content (AvgIpc) is 0.899. The van der Waals surface area contributed by atoms with E-state index in [-0.39, 0.29) is 25.7 Å². The van der Waals surface area contributed by atoms with E-state index in [9.17, 15) is 43.2 Å². The number of aliphatic hydroxyl groups is 1. The number of phosphoric ester groups is 2. The van der Waals surface area contributed by atoms with Crippen molar-refractivity contribution >= 4 is 39.5 Å². The van der Waals surface area contributed by atoms with E-state index in [1.54, 1.807) is 0 Å². The maximum absolute atomic E-state index is 13.2. The first-order chi connectivity index (χ1) is 57.4. The van der Waals surface area contributed by atoms with Gasteiger partial charge in [-0.25, -0.2) is 9.13 Å². The molecule has 0 fully saturated rings. The first-order valence-electron chi connectivity index (χ1n) is 51.1. The van der Waals surface area contributed by atoms with Gasteiger partial charge in [0.25, 0.3) is 0 Å². The van der Waals surface area contributed by atoms with Gasteiger partial charge in [-0.05, 0) is 37.5 Å². The molecule has 0 aromatic rings. The minimum atomic E-state index is -4.98. The third-order valence-electron chi connectivity index (χ3n) is 24.2. The number of hydrogen-bond donors (Lipinski definition) is 3. The highest BCUT2D eigenvalue weighted by molar-refractivity contribution is 7.47.